The van der Waals surface area contributed by atoms with Crippen molar-refractivity contribution in [3.8, 4) is 5.75 Å². The third-order valence-electron chi connectivity index (χ3n) is 3.78. The summed E-state index contributed by atoms with van der Waals surface area (Å²) in [6, 6.07) is 5.43. The van der Waals surface area contributed by atoms with E-state index in [1.807, 2.05) is 13.0 Å². The highest BCUT2D eigenvalue weighted by Gasteiger charge is 2.65. The van der Waals surface area contributed by atoms with Crippen LogP contribution in [0.5, 0.6) is 5.75 Å². The molecular formula is C13H14O3. The number of ether oxygens (including phenoxy) is 1. The zero-order valence-corrected chi connectivity index (χ0v) is 9.19. The molecule has 16 heavy (non-hydrogen) atoms. The topological polar surface area (TPSA) is 46.5 Å². The minimum atomic E-state index is -0.0866. The molecule has 1 spiro atoms. The fourth-order valence-corrected chi connectivity index (χ4v) is 2.86. The van der Waals surface area contributed by atoms with Crippen molar-refractivity contribution in [2.45, 2.75) is 25.2 Å². The predicted octanol–water partition coefficient (Wildman–Crippen LogP) is 1.77. The molecule has 1 aromatic rings. The van der Waals surface area contributed by atoms with E-state index in [4.69, 9.17) is 4.74 Å². The van der Waals surface area contributed by atoms with E-state index < -0.39 is 0 Å². The molecule has 1 fully saturated rings. The van der Waals surface area contributed by atoms with Gasteiger partial charge in [0, 0.05) is 5.41 Å². The lowest BCUT2D eigenvalue weighted by atomic mass is 9.73. The average molecular weight is 218 g/mol. The van der Waals surface area contributed by atoms with E-state index in [1.54, 1.807) is 12.1 Å². The number of rotatable bonds is 2. The average Bonchev–Trinajstić information content (AvgIpc) is 2.98. The summed E-state index contributed by atoms with van der Waals surface area (Å²) in [4.78, 5) is 11.6. The number of phenolic OH excluding ortho intramolecular Hbond substituents is 1. The highest BCUT2D eigenvalue weighted by Crippen LogP contribution is 2.64. The molecule has 0 unspecified atom stereocenters. The molecule has 1 N–H and O–H groups in total. The van der Waals surface area contributed by atoms with Gasteiger partial charge in [0.15, 0.2) is 0 Å². The van der Waals surface area contributed by atoms with E-state index in [9.17, 15) is 9.90 Å². The maximum Gasteiger partial charge on any atom is 0.309 e. The molecule has 0 radical (unpaired) electrons. The Morgan fingerprint density at radius 3 is 3.19 bits per heavy atom. The normalized spacial score (nSPS) is 29.4. The largest absolute Gasteiger partial charge is 0.508 e. The molecule has 3 rings (SSSR count). The first kappa shape index (κ1) is 9.70. The molecule has 0 heterocycles. The monoisotopic (exact) mass is 218 g/mol. The molecule has 0 saturated heterocycles. The molecular weight excluding hydrogens is 204 g/mol. The van der Waals surface area contributed by atoms with Crippen molar-refractivity contribution in [3.63, 3.8) is 0 Å². The van der Waals surface area contributed by atoms with Crippen LogP contribution in [0.1, 0.15) is 24.5 Å². The van der Waals surface area contributed by atoms with E-state index in [-0.39, 0.29) is 23.1 Å². The predicted molar refractivity (Wildman–Crippen MR) is 58.2 cm³/mol. The van der Waals surface area contributed by atoms with Crippen molar-refractivity contribution >= 4 is 5.97 Å². The van der Waals surface area contributed by atoms with Crippen molar-refractivity contribution in [2.24, 2.45) is 5.92 Å². The zero-order chi connectivity index (χ0) is 11.3. The number of benzene rings is 1. The number of aromatic hydroxyl groups is 1. The third kappa shape index (κ3) is 1.11. The van der Waals surface area contributed by atoms with Crippen LogP contribution < -0.4 is 0 Å². The van der Waals surface area contributed by atoms with Gasteiger partial charge in [0.2, 0.25) is 0 Å². The van der Waals surface area contributed by atoms with Gasteiger partial charge in [-0.25, -0.2) is 0 Å². The molecule has 0 aliphatic heterocycles. The molecule has 2 aliphatic carbocycles. The van der Waals surface area contributed by atoms with Crippen molar-refractivity contribution in [1.29, 1.82) is 0 Å². The van der Waals surface area contributed by atoms with Crippen LogP contribution in [-0.4, -0.2) is 17.7 Å². The van der Waals surface area contributed by atoms with Crippen LogP contribution in [0.25, 0.3) is 0 Å². The van der Waals surface area contributed by atoms with Crippen molar-refractivity contribution < 1.29 is 14.6 Å². The summed E-state index contributed by atoms with van der Waals surface area (Å²) in [5, 5.41) is 9.44. The number of carbonyl (C=O) groups is 1. The second-order valence-electron chi connectivity index (χ2n) is 4.68. The summed E-state index contributed by atoms with van der Waals surface area (Å²) in [6.45, 7) is 2.27. The number of carbonyl (C=O) groups excluding carboxylic acids is 1. The Bertz CT molecular complexity index is 466. The summed E-state index contributed by atoms with van der Waals surface area (Å²) < 4.78 is 5.04. The second-order valence-corrected chi connectivity index (χ2v) is 4.68. The molecule has 0 aromatic heterocycles. The van der Waals surface area contributed by atoms with Crippen LogP contribution in [0.15, 0.2) is 18.2 Å². The Labute approximate surface area is 94.0 Å². The molecule has 1 saturated carbocycles. The highest BCUT2D eigenvalue weighted by atomic mass is 16.5. The fourth-order valence-electron chi connectivity index (χ4n) is 2.86. The van der Waals surface area contributed by atoms with Crippen LogP contribution in [0.2, 0.25) is 0 Å². The highest BCUT2D eigenvalue weighted by molar-refractivity contribution is 5.81. The van der Waals surface area contributed by atoms with Crippen LogP contribution in [0, 0.1) is 5.92 Å². The Balaban J connectivity index is 1.84. The van der Waals surface area contributed by atoms with E-state index in [1.165, 1.54) is 5.56 Å². The second kappa shape index (κ2) is 3.00. The quantitative estimate of drug-likeness (QED) is 0.769. The lowest BCUT2D eigenvalue weighted by Gasteiger charge is -2.31. The Kier molecular flexibility index (Phi) is 1.82. The van der Waals surface area contributed by atoms with Gasteiger partial charge < -0.3 is 9.84 Å². The standard InChI is InChI=1S/C13H14O3/c1-2-16-12(15)11-7-13(11)6-8-3-4-9(14)5-10(8)13/h3-5,11,14H,2,6-7H2,1H3/t11-,13-/m1/s1. The van der Waals surface area contributed by atoms with E-state index in [0.717, 1.165) is 18.4 Å². The van der Waals surface area contributed by atoms with Gasteiger partial charge in [0.25, 0.3) is 0 Å². The first-order valence-corrected chi connectivity index (χ1v) is 5.66. The zero-order valence-electron chi connectivity index (χ0n) is 9.19. The molecule has 2 atom stereocenters. The summed E-state index contributed by atoms with van der Waals surface area (Å²) in [7, 11) is 0. The summed E-state index contributed by atoms with van der Waals surface area (Å²) in [5.74, 6) is 0.213. The Morgan fingerprint density at radius 2 is 2.44 bits per heavy atom. The maximum atomic E-state index is 11.6. The van der Waals surface area contributed by atoms with E-state index in [0.29, 0.717) is 6.61 Å². The molecule has 0 amide bonds. The smallest absolute Gasteiger partial charge is 0.309 e. The van der Waals surface area contributed by atoms with E-state index >= 15 is 0 Å². The molecule has 3 nitrogen and oxygen atoms in total. The fraction of sp³-hybridized carbons (Fsp3) is 0.462. The number of phenols is 1. The lowest BCUT2D eigenvalue weighted by Crippen LogP contribution is -2.29. The van der Waals surface area contributed by atoms with Crippen LogP contribution in [-0.2, 0) is 21.4 Å². The van der Waals surface area contributed by atoms with Crippen LogP contribution in [0.4, 0.5) is 0 Å². The first-order chi connectivity index (χ1) is 7.67. The van der Waals surface area contributed by atoms with Gasteiger partial charge >= 0.3 is 5.97 Å². The van der Waals surface area contributed by atoms with Gasteiger partial charge in [0.05, 0.1) is 12.5 Å². The van der Waals surface area contributed by atoms with Gasteiger partial charge in [-0.05, 0) is 43.0 Å². The van der Waals surface area contributed by atoms with Gasteiger partial charge in [-0.2, -0.15) is 0 Å². The molecule has 1 aromatic carbocycles. The van der Waals surface area contributed by atoms with Gasteiger partial charge in [-0.3, -0.25) is 4.79 Å². The SMILES string of the molecule is CCOC(=O)[C@H]1C[C@@]12Cc1ccc(O)cc12. The van der Waals surface area contributed by atoms with Gasteiger partial charge in [-0.1, -0.05) is 6.07 Å². The number of fused-ring (bicyclic) bond motifs is 2. The van der Waals surface area contributed by atoms with Crippen LogP contribution in [0.3, 0.4) is 0 Å². The lowest BCUT2D eigenvalue weighted by molar-refractivity contribution is -0.145. The minimum absolute atomic E-state index is 0.000324. The van der Waals surface area contributed by atoms with Crippen LogP contribution >= 0.6 is 0 Å². The summed E-state index contributed by atoms with van der Waals surface area (Å²) in [6.07, 6.45) is 1.83. The third-order valence-corrected chi connectivity index (χ3v) is 3.78. The molecule has 0 bridgehead atoms. The summed E-state index contributed by atoms with van der Waals surface area (Å²) >= 11 is 0. The Hall–Kier alpha value is -1.51. The number of hydrogen-bond donors (Lipinski definition) is 1. The van der Waals surface area contributed by atoms with Gasteiger partial charge in [-0.15, -0.1) is 0 Å². The first-order valence-electron chi connectivity index (χ1n) is 5.66. The van der Waals surface area contributed by atoms with Gasteiger partial charge in [0.1, 0.15) is 5.75 Å². The summed E-state index contributed by atoms with van der Waals surface area (Å²) in [5.41, 5.74) is 2.40. The number of esters is 1. The van der Waals surface area contributed by atoms with Crippen molar-refractivity contribution in [2.75, 3.05) is 6.61 Å². The molecule has 84 valence electrons. The Morgan fingerprint density at radius 1 is 1.62 bits per heavy atom. The molecule has 3 heteroatoms. The van der Waals surface area contributed by atoms with Crippen molar-refractivity contribution in [1.82, 2.24) is 0 Å². The van der Waals surface area contributed by atoms with E-state index in [2.05, 4.69) is 0 Å². The van der Waals surface area contributed by atoms with Crippen molar-refractivity contribution in [3.05, 3.63) is 29.3 Å². The maximum absolute atomic E-state index is 11.6. The molecule has 2 aliphatic rings. The minimum Gasteiger partial charge on any atom is -0.508 e. The number of hydrogen-bond acceptors (Lipinski definition) is 3.